The molecule has 16 heavy (non-hydrogen) atoms. The number of H-pyrrole nitrogens is 1. The van der Waals surface area contributed by atoms with Crippen LogP contribution in [0.5, 0.6) is 0 Å². The Kier molecular flexibility index (Phi) is 5.64. The Hall–Kier alpha value is -1.29. The van der Waals surface area contributed by atoms with Gasteiger partial charge in [0.05, 0.1) is 0 Å². The zero-order chi connectivity index (χ0) is 11.8. The molecule has 1 rings (SSSR count). The van der Waals surface area contributed by atoms with Crippen LogP contribution in [0.4, 0.5) is 0 Å². The van der Waals surface area contributed by atoms with Crippen LogP contribution in [0.3, 0.4) is 0 Å². The van der Waals surface area contributed by atoms with Gasteiger partial charge in [-0.25, -0.2) is 0 Å². The fourth-order valence-corrected chi connectivity index (χ4v) is 1.31. The first-order valence-electron chi connectivity index (χ1n) is 5.78. The van der Waals surface area contributed by atoms with E-state index in [2.05, 4.69) is 29.5 Å². The summed E-state index contributed by atoms with van der Waals surface area (Å²) >= 11 is 0. The third kappa shape index (κ3) is 5.56. The van der Waals surface area contributed by atoms with E-state index in [4.69, 9.17) is 0 Å². The third-order valence-corrected chi connectivity index (χ3v) is 2.21. The van der Waals surface area contributed by atoms with Crippen molar-refractivity contribution in [1.29, 1.82) is 0 Å². The molecule has 4 heteroatoms. The molecule has 0 saturated carbocycles. The quantitative estimate of drug-likeness (QED) is 0.610. The maximum absolute atomic E-state index is 11.3. The monoisotopic (exact) mass is 223 g/mol. The fraction of sp³-hybridized carbons (Fsp3) is 0.583. The van der Waals surface area contributed by atoms with E-state index in [9.17, 15) is 4.79 Å². The number of rotatable bonds is 7. The summed E-state index contributed by atoms with van der Waals surface area (Å²) in [6, 6.07) is 3.98. The molecule has 0 aliphatic heterocycles. The van der Waals surface area contributed by atoms with Crippen LogP contribution < -0.4 is 10.6 Å². The maximum Gasteiger partial charge on any atom is 0.221 e. The SMILES string of the molecule is CC(C)CNC(=O)CCNCc1ccc[nH]1. The molecule has 0 saturated heterocycles. The van der Waals surface area contributed by atoms with E-state index in [1.165, 1.54) is 0 Å². The molecule has 0 fully saturated rings. The highest BCUT2D eigenvalue weighted by Crippen LogP contribution is 1.93. The smallest absolute Gasteiger partial charge is 0.221 e. The molecule has 0 atom stereocenters. The van der Waals surface area contributed by atoms with Gasteiger partial charge in [-0.1, -0.05) is 13.8 Å². The first-order valence-corrected chi connectivity index (χ1v) is 5.78. The van der Waals surface area contributed by atoms with E-state index in [1.54, 1.807) is 0 Å². The highest BCUT2D eigenvalue weighted by atomic mass is 16.1. The Morgan fingerprint density at radius 2 is 2.31 bits per heavy atom. The second kappa shape index (κ2) is 7.06. The molecule has 90 valence electrons. The van der Waals surface area contributed by atoms with Crippen LogP contribution in [0.2, 0.25) is 0 Å². The van der Waals surface area contributed by atoms with Gasteiger partial charge in [-0.2, -0.15) is 0 Å². The maximum atomic E-state index is 11.3. The zero-order valence-electron chi connectivity index (χ0n) is 10.0. The van der Waals surface area contributed by atoms with E-state index in [0.29, 0.717) is 18.9 Å². The highest BCUT2D eigenvalue weighted by Gasteiger charge is 2.01. The topological polar surface area (TPSA) is 56.9 Å². The molecular formula is C12H21N3O. The first-order chi connectivity index (χ1) is 7.68. The Bertz CT molecular complexity index is 293. The summed E-state index contributed by atoms with van der Waals surface area (Å²) in [6.07, 6.45) is 2.43. The summed E-state index contributed by atoms with van der Waals surface area (Å²) in [6.45, 7) is 6.43. The lowest BCUT2D eigenvalue weighted by Crippen LogP contribution is -2.30. The number of hydrogen-bond acceptors (Lipinski definition) is 2. The van der Waals surface area contributed by atoms with Gasteiger partial charge in [0, 0.05) is 37.9 Å². The minimum absolute atomic E-state index is 0.118. The predicted molar refractivity (Wildman–Crippen MR) is 65.0 cm³/mol. The lowest BCUT2D eigenvalue weighted by Gasteiger charge is -2.07. The van der Waals surface area contributed by atoms with Crippen LogP contribution in [-0.4, -0.2) is 24.0 Å². The van der Waals surface area contributed by atoms with Crippen molar-refractivity contribution in [3.63, 3.8) is 0 Å². The lowest BCUT2D eigenvalue weighted by atomic mass is 10.2. The molecule has 0 aliphatic rings. The minimum atomic E-state index is 0.118. The van der Waals surface area contributed by atoms with E-state index >= 15 is 0 Å². The molecule has 1 aromatic heterocycles. The number of carbonyl (C=O) groups excluding carboxylic acids is 1. The summed E-state index contributed by atoms with van der Waals surface area (Å²) in [7, 11) is 0. The van der Waals surface area contributed by atoms with Crippen molar-refractivity contribution in [3.05, 3.63) is 24.0 Å². The largest absolute Gasteiger partial charge is 0.364 e. The number of aromatic amines is 1. The number of nitrogens with one attached hydrogen (secondary N) is 3. The number of amides is 1. The van der Waals surface area contributed by atoms with Crippen LogP contribution in [0.1, 0.15) is 26.0 Å². The fourth-order valence-electron chi connectivity index (χ4n) is 1.31. The number of carbonyl (C=O) groups is 1. The van der Waals surface area contributed by atoms with Crippen molar-refractivity contribution in [2.45, 2.75) is 26.8 Å². The molecule has 0 radical (unpaired) electrons. The van der Waals surface area contributed by atoms with Gasteiger partial charge in [0.15, 0.2) is 0 Å². The van der Waals surface area contributed by atoms with Gasteiger partial charge >= 0.3 is 0 Å². The third-order valence-electron chi connectivity index (χ3n) is 2.21. The first kappa shape index (κ1) is 12.8. The van der Waals surface area contributed by atoms with E-state index in [1.807, 2.05) is 18.3 Å². The van der Waals surface area contributed by atoms with Gasteiger partial charge in [-0.15, -0.1) is 0 Å². The van der Waals surface area contributed by atoms with Crippen LogP contribution in [0, 0.1) is 5.92 Å². The molecule has 1 aromatic rings. The second-order valence-corrected chi connectivity index (χ2v) is 4.32. The van der Waals surface area contributed by atoms with Crippen molar-refractivity contribution >= 4 is 5.91 Å². The molecule has 0 spiro atoms. The van der Waals surface area contributed by atoms with Crippen molar-refractivity contribution < 1.29 is 4.79 Å². The standard InChI is InChI=1S/C12H21N3O/c1-10(2)8-15-12(16)5-7-13-9-11-4-3-6-14-11/h3-4,6,10,13-14H,5,7-9H2,1-2H3,(H,15,16). The molecule has 0 bridgehead atoms. The lowest BCUT2D eigenvalue weighted by molar-refractivity contribution is -0.121. The summed E-state index contributed by atoms with van der Waals surface area (Å²) in [5, 5.41) is 6.10. The van der Waals surface area contributed by atoms with Gasteiger partial charge < -0.3 is 15.6 Å². The van der Waals surface area contributed by atoms with Crippen molar-refractivity contribution in [1.82, 2.24) is 15.6 Å². The van der Waals surface area contributed by atoms with Gasteiger partial charge in [0.2, 0.25) is 5.91 Å². The Morgan fingerprint density at radius 3 is 2.94 bits per heavy atom. The molecule has 3 N–H and O–H groups in total. The summed E-state index contributed by atoms with van der Waals surface area (Å²) in [4.78, 5) is 14.5. The predicted octanol–water partition coefficient (Wildman–Crippen LogP) is 1.27. The average molecular weight is 223 g/mol. The molecule has 0 unspecified atom stereocenters. The summed E-state index contributed by atoms with van der Waals surface area (Å²) in [5.41, 5.74) is 1.14. The van der Waals surface area contributed by atoms with Crippen LogP contribution in [0.15, 0.2) is 18.3 Å². The summed E-state index contributed by atoms with van der Waals surface area (Å²) in [5.74, 6) is 0.628. The Labute approximate surface area is 96.8 Å². The van der Waals surface area contributed by atoms with Crippen LogP contribution in [0.25, 0.3) is 0 Å². The average Bonchev–Trinajstić information content (AvgIpc) is 2.74. The molecule has 4 nitrogen and oxygen atoms in total. The number of aromatic nitrogens is 1. The highest BCUT2D eigenvalue weighted by molar-refractivity contribution is 5.76. The number of hydrogen-bond donors (Lipinski definition) is 3. The second-order valence-electron chi connectivity index (χ2n) is 4.32. The molecule has 0 aromatic carbocycles. The zero-order valence-corrected chi connectivity index (χ0v) is 10.0. The van der Waals surface area contributed by atoms with Crippen molar-refractivity contribution in [2.75, 3.05) is 13.1 Å². The van der Waals surface area contributed by atoms with Gasteiger partial charge in [-0.3, -0.25) is 4.79 Å². The molecule has 1 amide bonds. The summed E-state index contributed by atoms with van der Waals surface area (Å²) < 4.78 is 0. The van der Waals surface area contributed by atoms with Crippen LogP contribution in [-0.2, 0) is 11.3 Å². The van der Waals surface area contributed by atoms with Crippen molar-refractivity contribution in [3.8, 4) is 0 Å². The molecule has 1 heterocycles. The molecular weight excluding hydrogens is 202 g/mol. The Balaban J connectivity index is 2.00. The normalized spacial score (nSPS) is 10.7. The minimum Gasteiger partial charge on any atom is -0.364 e. The van der Waals surface area contributed by atoms with E-state index in [0.717, 1.165) is 18.8 Å². The van der Waals surface area contributed by atoms with Crippen molar-refractivity contribution in [2.24, 2.45) is 5.92 Å². The van der Waals surface area contributed by atoms with E-state index in [-0.39, 0.29) is 5.91 Å². The van der Waals surface area contributed by atoms with Gasteiger partial charge in [-0.05, 0) is 18.1 Å². The Morgan fingerprint density at radius 1 is 1.50 bits per heavy atom. The van der Waals surface area contributed by atoms with Gasteiger partial charge in [0.25, 0.3) is 0 Å². The molecule has 0 aliphatic carbocycles. The van der Waals surface area contributed by atoms with E-state index < -0.39 is 0 Å². The van der Waals surface area contributed by atoms with Gasteiger partial charge in [0.1, 0.15) is 0 Å². The van der Waals surface area contributed by atoms with Crippen LogP contribution >= 0.6 is 0 Å².